The predicted molar refractivity (Wildman–Crippen MR) is 66.4 cm³/mol. The van der Waals surface area contributed by atoms with E-state index in [1.165, 1.54) is 25.8 Å². The molecule has 2 unspecified atom stereocenters. The fourth-order valence-electron chi connectivity index (χ4n) is 3.00. The minimum absolute atomic E-state index is 0.425. The summed E-state index contributed by atoms with van der Waals surface area (Å²) in [5, 5.41) is 0. The summed E-state index contributed by atoms with van der Waals surface area (Å²) in [6, 6.07) is 3.27. The van der Waals surface area contributed by atoms with Gasteiger partial charge in [0.25, 0.3) is 0 Å². The van der Waals surface area contributed by atoms with E-state index in [9.17, 15) is 0 Å². The summed E-state index contributed by atoms with van der Waals surface area (Å²) in [7, 11) is 0. The number of nitrogens with zero attached hydrogens (tertiary/aromatic N) is 3. The van der Waals surface area contributed by atoms with Crippen molar-refractivity contribution in [2.24, 2.45) is 11.7 Å². The molecule has 92 valence electrons. The first-order valence-electron chi connectivity index (χ1n) is 6.55. The van der Waals surface area contributed by atoms with Crippen molar-refractivity contribution < 1.29 is 0 Å². The topological polar surface area (TPSA) is 55.0 Å². The van der Waals surface area contributed by atoms with Gasteiger partial charge in [-0.2, -0.15) is 0 Å². The van der Waals surface area contributed by atoms with Crippen LogP contribution >= 0.6 is 0 Å². The molecule has 1 aromatic rings. The molecule has 2 fully saturated rings. The van der Waals surface area contributed by atoms with E-state index < -0.39 is 0 Å². The highest BCUT2D eigenvalue weighted by atomic mass is 15.2. The molecule has 3 rings (SSSR count). The minimum atomic E-state index is 0.425. The van der Waals surface area contributed by atoms with Gasteiger partial charge in [-0.05, 0) is 51.3 Å². The first kappa shape index (κ1) is 11.1. The van der Waals surface area contributed by atoms with E-state index in [1.807, 2.05) is 13.1 Å². The van der Waals surface area contributed by atoms with Gasteiger partial charge in [-0.1, -0.05) is 0 Å². The van der Waals surface area contributed by atoms with Gasteiger partial charge in [-0.3, -0.25) is 4.90 Å². The molecule has 2 heterocycles. The maximum atomic E-state index is 5.91. The van der Waals surface area contributed by atoms with Crippen LogP contribution in [0.15, 0.2) is 12.3 Å². The highest BCUT2D eigenvalue weighted by Crippen LogP contribution is 2.43. The third-order valence-corrected chi connectivity index (χ3v) is 3.98. The van der Waals surface area contributed by atoms with Crippen LogP contribution in [-0.4, -0.2) is 34.0 Å². The molecule has 4 heteroatoms. The van der Waals surface area contributed by atoms with Gasteiger partial charge in [-0.15, -0.1) is 0 Å². The number of likely N-dealkylation sites (tertiary alicyclic amines) is 1. The maximum absolute atomic E-state index is 5.91. The fraction of sp³-hybridized carbons (Fsp3) is 0.692. The maximum Gasteiger partial charge on any atom is 0.125 e. The molecule has 0 amide bonds. The van der Waals surface area contributed by atoms with Crippen LogP contribution in [0.4, 0.5) is 0 Å². The Labute approximate surface area is 102 Å². The monoisotopic (exact) mass is 232 g/mol. The molecule has 17 heavy (non-hydrogen) atoms. The zero-order chi connectivity index (χ0) is 11.8. The lowest BCUT2D eigenvalue weighted by atomic mass is 9.97. The van der Waals surface area contributed by atoms with Crippen LogP contribution in [-0.2, 0) is 0 Å². The van der Waals surface area contributed by atoms with Crippen LogP contribution in [0.1, 0.15) is 36.8 Å². The third kappa shape index (κ3) is 2.07. The highest BCUT2D eigenvalue weighted by molar-refractivity contribution is 5.13. The second-order valence-corrected chi connectivity index (χ2v) is 5.23. The third-order valence-electron chi connectivity index (χ3n) is 3.98. The summed E-state index contributed by atoms with van der Waals surface area (Å²) in [6.07, 6.45) is 5.77. The van der Waals surface area contributed by atoms with Crippen LogP contribution in [0.3, 0.4) is 0 Å². The molecule has 0 spiro atoms. The molecular formula is C13H20N4. The molecule has 1 aliphatic carbocycles. The Kier molecular flexibility index (Phi) is 2.84. The molecular weight excluding hydrogens is 212 g/mol. The molecule has 2 atom stereocenters. The van der Waals surface area contributed by atoms with Gasteiger partial charge in [0.1, 0.15) is 5.82 Å². The van der Waals surface area contributed by atoms with E-state index in [1.54, 1.807) is 0 Å². The molecule has 1 aliphatic heterocycles. The van der Waals surface area contributed by atoms with Crippen LogP contribution < -0.4 is 5.73 Å². The number of nitrogens with two attached hydrogens (primary N) is 1. The van der Waals surface area contributed by atoms with Crippen molar-refractivity contribution in [1.29, 1.82) is 0 Å². The molecule has 2 N–H and O–H groups in total. The lowest BCUT2D eigenvalue weighted by molar-refractivity contribution is 0.215. The van der Waals surface area contributed by atoms with Gasteiger partial charge in [0.15, 0.2) is 0 Å². The normalized spacial score (nSPS) is 29.8. The van der Waals surface area contributed by atoms with Gasteiger partial charge in [0, 0.05) is 12.2 Å². The number of aryl methyl sites for hydroxylation is 1. The second-order valence-electron chi connectivity index (χ2n) is 5.23. The molecule has 0 bridgehead atoms. The molecule has 2 aliphatic rings. The summed E-state index contributed by atoms with van der Waals surface area (Å²) in [6.45, 7) is 3.90. The van der Waals surface area contributed by atoms with Crippen LogP contribution in [0.2, 0.25) is 0 Å². The number of aromatic nitrogens is 2. The van der Waals surface area contributed by atoms with E-state index in [0.717, 1.165) is 24.1 Å². The van der Waals surface area contributed by atoms with Crippen molar-refractivity contribution in [2.75, 3.05) is 13.1 Å². The molecule has 1 aromatic heterocycles. The van der Waals surface area contributed by atoms with Crippen molar-refractivity contribution in [3.63, 3.8) is 0 Å². The lowest BCUT2D eigenvalue weighted by Gasteiger charge is -2.27. The Morgan fingerprint density at radius 1 is 1.41 bits per heavy atom. The number of hydrogen-bond acceptors (Lipinski definition) is 4. The standard InChI is InChI=1S/C13H20N4/c1-9-15-6-4-12(16-9)13-10(8-14)5-7-17(13)11-2-3-11/h4,6,10-11,13H,2-3,5,7-8,14H2,1H3. The summed E-state index contributed by atoms with van der Waals surface area (Å²) in [4.78, 5) is 11.4. The zero-order valence-corrected chi connectivity index (χ0v) is 10.3. The Morgan fingerprint density at radius 2 is 2.24 bits per heavy atom. The summed E-state index contributed by atoms with van der Waals surface area (Å²) >= 11 is 0. The van der Waals surface area contributed by atoms with Crippen LogP contribution in [0.5, 0.6) is 0 Å². The lowest BCUT2D eigenvalue weighted by Crippen LogP contribution is -2.30. The molecule has 0 aromatic carbocycles. The van der Waals surface area contributed by atoms with Crippen molar-refractivity contribution in [2.45, 2.75) is 38.3 Å². The van der Waals surface area contributed by atoms with Crippen molar-refractivity contribution >= 4 is 0 Å². The Balaban J connectivity index is 1.90. The minimum Gasteiger partial charge on any atom is -0.330 e. The highest BCUT2D eigenvalue weighted by Gasteiger charge is 2.42. The fourth-order valence-corrected chi connectivity index (χ4v) is 3.00. The van der Waals surface area contributed by atoms with Crippen molar-refractivity contribution in [3.05, 3.63) is 23.8 Å². The number of rotatable bonds is 3. The second kappa shape index (κ2) is 4.35. The van der Waals surface area contributed by atoms with Gasteiger partial charge < -0.3 is 5.73 Å². The van der Waals surface area contributed by atoms with E-state index in [0.29, 0.717) is 12.0 Å². The Morgan fingerprint density at radius 3 is 2.88 bits per heavy atom. The average molecular weight is 232 g/mol. The van der Waals surface area contributed by atoms with Crippen LogP contribution in [0.25, 0.3) is 0 Å². The van der Waals surface area contributed by atoms with Crippen LogP contribution in [0, 0.1) is 12.8 Å². The smallest absolute Gasteiger partial charge is 0.125 e. The number of hydrogen-bond donors (Lipinski definition) is 1. The molecule has 1 saturated heterocycles. The summed E-state index contributed by atoms with van der Waals surface area (Å²) in [5.41, 5.74) is 7.08. The van der Waals surface area contributed by atoms with E-state index in [4.69, 9.17) is 5.73 Å². The van der Waals surface area contributed by atoms with Gasteiger partial charge in [-0.25, -0.2) is 9.97 Å². The SMILES string of the molecule is Cc1nccc(C2C(CN)CCN2C2CC2)n1. The molecule has 1 saturated carbocycles. The van der Waals surface area contributed by atoms with Gasteiger partial charge in [0.2, 0.25) is 0 Å². The Hall–Kier alpha value is -1.00. The quantitative estimate of drug-likeness (QED) is 0.852. The predicted octanol–water partition coefficient (Wildman–Crippen LogP) is 1.27. The van der Waals surface area contributed by atoms with Crippen molar-refractivity contribution in [1.82, 2.24) is 14.9 Å². The largest absolute Gasteiger partial charge is 0.330 e. The Bertz CT molecular complexity index is 402. The van der Waals surface area contributed by atoms with Gasteiger partial charge in [0.05, 0.1) is 11.7 Å². The zero-order valence-electron chi connectivity index (χ0n) is 10.3. The van der Waals surface area contributed by atoms with Crippen molar-refractivity contribution in [3.8, 4) is 0 Å². The molecule has 0 radical (unpaired) electrons. The average Bonchev–Trinajstić information content (AvgIpc) is 3.08. The molecule has 4 nitrogen and oxygen atoms in total. The first-order chi connectivity index (χ1) is 8.29. The summed E-state index contributed by atoms with van der Waals surface area (Å²) < 4.78 is 0. The van der Waals surface area contributed by atoms with E-state index in [2.05, 4.69) is 20.9 Å². The van der Waals surface area contributed by atoms with Gasteiger partial charge >= 0.3 is 0 Å². The van der Waals surface area contributed by atoms with E-state index in [-0.39, 0.29) is 0 Å². The first-order valence-corrected chi connectivity index (χ1v) is 6.55. The summed E-state index contributed by atoms with van der Waals surface area (Å²) in [5.74, 6) is 1.42. The van der Waals surface area contributed by atoms with E-state index >= 15 is 0 Å².